The van der Waals surface area contributed by atoms with E-state index in [0.717, 1.165) is 17.9 Å². The molecule has 4 nitrogen and oxygen atoms in total. The van der Waals surface area contributed by atoms with Crippen molar-refractivity contribution < 1.29 is 14.6 Å². The maximum atomic E-state index is 10.7. The van der Waals surface area contributed by atoms with E-state index in [4.69, 9.17) is 15.6 Å². The van der Waals surface area contributed by atoms with Crippen molar-refractivity contribution in [3.63, 3.8) is 0 Å². The van der Waals surface area contributed by atoms with Crippen LogP contribution in [0.3, 0.4) is 0 Å². The fourth-order valence-corrected chi connectivity index (χ4v) is 2.93. The summed E-state index contributed by atoms with van der Waals surface area (Å²) in [5.41, 5.74) is 6.12. The van der Waals surface area contributed by atoms with E-state index in [9.17, 15) is 4.79 Å². The van der Waals surface area contributed by atoms with Crippen molar-refractivity contribution in [3.05, 3.63) is 29.8 Å². The van der Waals surface area contributed by atoms with Gasteiger partial charge >= 0.3 is 5.97 Å². The number of carbonyl (C=O) groups is 1. The van der Waals surface area contributed by atoms with E-state index >= 15 is 0 Å². The predicted molar refractivity (Wildman–Crippen MR) is 72.0 cm³/mol. The second-order valence-electron chi connectivity index (χ2n) is 4.34. The number of carboxylic acids is 1. The molecule has 2 unspecified atom stereocenters. The second kappa shape index (κ2) is 6.11. The Morgan fingerprint density at radius 1 is 1.44 bits per heavy atom. The van der Waals surface area contributed by atoms with E-state index in [2.05, 4.69) is 0 Å². The first-order valence-electron chi connectivity index (χ1n) is 5.99. The lowest BCUT2D eigenvalue weighted by atomic mass is 10.1. The summed E-state index contributed by atoms with van der Waals surface area (Å²) in [5.74, 6) is 2.00. The predicted octanol–water partition coefficient (Wildman–Crippen LogP) is 2.05. The summed E-state index contributed by atoms with van der Waals surface area (Å²) in [7, 11) is 0. The molecule has 0 aliphatic carbocycles. The van der Waals surface area contributed by atoms with Gasteiger partial charge in [0.25, 0.3) is 0 Å². The molecule has 1 aliphatic rings. The van der Waals surface area contributed by atoms with E-state index in [0.29, 0.717) is 5.56 Å². The Kier molecular flexibility index (Phi) is 4.49. The van der Waals surface area contributed by atoms with Crippen LogP contribution >= 0.6 is 11.8 Å². The number of hydrogen-bond donors (Lipinski definition) is 2. The highest BCUT2D eigenvalue weighted by Crippen LogP contribution is 2.23. The van der Waals surface area contributed by atoms with Gasteiger partial charge in [0.05, 0.1) is 0 Å². The van der Waals surface area contributed by atoms with Crippen molar-refractivity contribution in [1.29, 1.82) is 0 Å². The van der Waals surface area contributed by atoms with Gasteiger partial charge in [-0.05, 0) is 36.3 Å². The summed E-state index contributed by atoms with van der Waals surface area (Å²) in [5, 5.41) is 8.81. The van der Waals surface area contributed by atoms with Gasteiger partial charge in [0.15, 0.2) is 0 Å². The first-order valence-corrected chi connectivity index (χ1v) is 7.15. The van der Waals surface area contributed by atoms with Crippen LogP contribution in [0.5, 0.6) is 5.75 Å². The van der Waals surface area contributed by atoms with Gasteiger partial charge in [-0.2, -0.15) is 11.8 Å². The van der Waals surface area contributed by atoms with Gasteiger partial charge in [0, 0.05) is 5.75 Å². The van der Waals surface area contributed by atoms with Gasteiger partial charge in [-0.1, -0.05) is 12.1 Å². The van der Waals surface area contributed by atoms with Crippen LogP contribution in [0.1, 0.15) is 24.4 Å². The molecule has 2 atom stereocenters. The normalized spacial score (nSPS) is 21.3. The Hall–Kier alpha value is -1.20. The molecule has 2 rings (SSSR count). The minimum Gasteiger partial charge on any atom is -0.490 e. The zero-order valence-corrected chi connectivity index (χ0v) is 10.9. The van der Waals surface area contributed by atoms with Gasteiger partial charge in [0.1, 0.15) is 17.9 Å². The number of carboxylic acid groups (broad SMARTS) is 1. The lowest BCUT2D eigenvalue weighted by Gasteiger charge is -2.22. The minimum atomic E-state index is -1.02. The maximum absolute atomic E-state index is 10.7. The van der Waals surface area contributed by atoms with E-state index in [1.807, 2.05) is 11.8 Å². The molecule has 18 heavy (non-hydrogen) atoms. The maximum Gasteiger partial charge on any atom is 0.325 e. The Balaban J connectivity index is 1.96. The number of rotatable bonds is 4. The second-order valence-corrected chi connectivity index (χ2v) is 5.49. The summed E-state index contributed by atoms with van der Waals surface area (Å²) in [6, 6.07) is 6.03. The van der Waals surface area contributed by atoms with Crippen LogP contribution in [-0.2, 0) is 4.79 Å². The Labute approximate surface area is 111 Å². The highest BCUT2D eigenvalue weighted by Gasteiger charge is 2.16. The summed E-state index contributed by atoms with van der Waals surface area (Å²) in [6.07, 6.45) is 2.54. The Morgan fingerprint density at radius 3 is 2.72 bits per heavy atom. The van der Waals surface area contributed by atoms with Gasteiger partial charge in [0.2, 0.25) is 0 Å². The molecule has 0 radical (unpaired) electrons. The SMILES string of the molecule is NC(C(=O)O)c1ccc(OC2CCCSC2)cc1. The van der Waals surface area contributed by atoms with Crippen molar-refractivity contribution in [3.8, 4) is 5.75 Å². The number of ether oxygens (including phenoxy) is 1. The van der Waals surface area contributed by atoms with Gasteiger partial charge in [-0.3, -0.25) is 4.79 Å². The lowest BCUT2D eigenvalue weighted by Crippen LogP contribution is -2.23. The largest absolute Gasteiger partial charge is 0.490 e. The monoisotopic (exact) mass is 267 g/mol. The van der Waals surface area contributed by atoms with Gasteiger partial charge in [-0.25, -0.2) is 0 Å². The zero-order chi connectivity index (χ0) is 13.0. The van der Waals surface area contributed by atoms with E-state index < -0.39 is 12.0 Å². The summed E-state index contributed by atoms with van der Waals surface area (Å²) < 4.78 is 5.84. The number of nitrogens with two attached hydrogens (primary N) is 1. The molecule has 1 aliphatic heterocycles. The molecule has 0 saturated carbocycles. The molecule has 0 bridgehead atoms. The standard InChI is InChI=1S/C13H17NO3S/c14-12(13(15)16)9-3-5-10(6-4-9)17-11-2-1-7-18-8-11/h3-6,11-12H,1-2,7-8,14H2,(H,15,16). The first-order chi connectivity index (χ1) is 8.66. The molecule has 1 aromatic rings. The molecular formula is C13H17NO3S. The van der Waals surface area contributed by atoms with Crippen molar-refractivity contribution >= 4 is 17.7 Å². The smallest absolute Gasteiger partial charge is 0.325 e. The van der Waals surface area contributed by atoms with Crippen LogP contribution in [0.15, 0.2) is 24.3 Å². The fraction of sp³-hybridized carbons (Fsp3) is 0.462. The molecule has 1 aromatic carbocycles. The third-order valence-corrected chi connectivity index (χ3v) is 4.11. The third-order valence-electron chi connectivity index (χ3n) is 2.93. The van der Waals surface area contributed by atoms with Crippen molar-refractivity contribution in [2.75, 3.05) is 11.5 Å². The Morgan fingerprint density at radius 2 is 2.17 bits per heavy atom. The topological polar surface area (TPSA) is 72.6 Å². The minimum absolute atomic E-state index is 0.266. The zero-order valence-electron chi connectivity index (χ0n) is 10.0. The number of aliphatic carboxylic acids is 1. The molecule has 0 spiro atoms. The molecule has 1 heterocycles. The number of thioether (sulfide) groups is 1. The molecule has 0 aromatic heterocycles. The summed E-state index contributed by atoms with van der Waals surface area (Å²) in [4.78, 5) is 10.7. The van der Waals surface area contributed by atoms with Crippen LogP contribution in [0.2, 0.25) is 0 Å². The van der Waals surface area contributed by atoms with Crippen LogP contribution in [0.4, 0.5) is 0 Å². The summed E-state index contributed by atoms with van der Waals surface area (Å²) >= 11 is 1.91. The molecular weight excluding hydrogens is 250 g/mol. The van der Waals surface area contributed by atoms with Crippen LogP contribution in [0.25, 0.3) is 0 Å². The molecule has 98 valence electrons. The molecule has 1 saturated heterocycles. The van der Waals surface area contributed by atoms with Crippen LogP contribution in [0, 0.1) is 0 Å². The number of hydrogen-bond acceptors (Lipinski definition) is 4. The van der Waals surface area contributed by atoms with Crippen LogP contribution in [-0.4, -0.2) is 28.7 Å². The van der Waals surface area contributed by atoms with Crippen molar-refractivity contribution in [2.24, 2.45) is 5.73 Å². The van der Waals surface area contributed by atoms with Gasteiger partial charge < -0.3 is 15.6 Å². The van der Waals surface area contributed by atoms with Crippen LogP contribution < -0.4 is 10.5 Å². The van der Waals surface area contributed by atoms with E-state index in [1.54, 1.807) is 24.3 Å². The average molecular weight is 267 g/mol. The highest BCUT2D eigenvalue weighted by atomic mass is 32.2. The molecule has 3 N–H and O–H groups in total. The van der Waals surface area contributed by atoms with Crippen molar-refractivity contribution in [1.82, 2.24) is 0 Å². The molecule has 0 amide bonds. The van der Waals surface area contributed by atoms with Gasteiger partial charge in [-0.15, -0.1) is 0 Å². The quantitative estimate of drug-likeness (QED) is 0.873. The van der Waals surface area contributed by atoms with Crippen molar-refractivity contribution in [2.45, 2.75) is 25.0 Å². The number of benzene rings is 1. The average Bonchev–Trinajstić information content (AvgIpc) is 2.40. The lowest BCUT2D eigenvalue weighted by molar-refractivity contribution is -0.138. The molecule has 1 fully saturated rings. The summed E-state index contributed by atoms with van der Waals surface area (Å²) in [6.45, 7) is 0. The first kappa shape index (κ1) is 13.2. The fourth-order valence-electron chi connectivity index (χ4n) is 1.89. The Bertz CT molecular complexity index is 401. The highest BCUT2D eigenvalue weighted by molar-refractivity contribution is 7.99. The molecule has 5 heteroatoms. The van der Waals surface area contributed by atoms with E-state index in [-0.39, 0.29) is 6.10 Å². The third kappa shape index (κ3) is 3.40. The van der Waals surface area contributed by atoms with E-state index in [1.165, 1.54) is 12.2 Å².